The molecule has 0 radical (unpaired) electrons. The van der Waals surface area contributed by atoms with E-state index in [1.165, 1.54) is 18.1 Å². The molecule has 1 aromatic carbocycles. The van der Waals surface area contributed by atoms with Crippen molar-refractivity contribution < 1.29 is 19.4 Å². The molecule has 0 unspecified atom stereocenters. The van der Waals surface area contributed by atoms with Crippen LogP contribution in [-0.2, 0) is 16.0 Å². The van der Waals surface area contributed by atoms with Gasteiger partial charge in [-0.2, -0.15) is 0 Å². The number of benzene rings is 1. The van der Waals surface area contributed by atoms with Gasteiger partial charge in [-0.15, -0.1) is 6.42 Å². The summed E-state index contributed by atoms with van der Waals surface area (Å²) in [6, 6.07) is 5.60. The van der Waals surface area contributed by atoms with Gasteiger partial charge in [-0.05, 0) is 92.4 Å². The SMILES string of the molecule is C#C[C@]1(O)CC[C@H]2[C@@H]3CCc4cc(OC(=O)[C@@H]5CCCN5C(C)=O)ccc4[C@H]3CC[C@@]21C. The Labute approximate surface area is 190 Å². The van der Waals surface area contributed by atoms with Gasteiger partial charge < -0.3 is 14.7 Å². The first kappa shape index (κ1) is 21.5. The highest BCUT2D eigenvalue weighted by atomic mass is 16.5. The van der Waals surface area contributed by atoms with Crippen LogP contribution in [0, 0.1) is 29.6 Å². The number of carbonyl (C=O) groups excluding carboxylic acids is 2. The molecule has 32 heavy (non-hydrogen) atoms. The number of aryl methyl sites for hydroxylation is 1. The predicted octanol–water partition coefficient (Wildman–Crippen LogP) is 3.82. The maximum absolute atomic E-state index is 12.7. The van der Waals surface area contributed by atoms with Crippen molar-refractivity contribution in [3.63, 3.8) is 0 Å². The van der Waals surface area contributed by atoms with Gasteiger partial charge in [-0.3, -0.25) is 4.79 Å². The summed E-state index contributed by atoms with van der Waals surface area (Å²) in [5.74, 6) is 4.37. The Balaban J connectivity index is 1.34. The van der Waals surface area contributed by atoms with Gasteiger partial charge in [0.1, 0.15) is 17.4 Å². The Morgan fingerprint density at radius 3 is 2.78 bits per heavy atom. The van der Waals surface area contributed by atoms with Crippen molar-refractivity contribution in [2.45, 2.75) is 82.8 Å². The molecule has 1 N–H and O–H groups in total. The third-order valence-electron chi connectivity index (χ3n) is 9.24. The van der Waals surface area contributed by atoms with E-state index in [1.807, 2.05) is 12.1 Å². The van der Waals surface area contributed by atoms with Crippen LogP contribution in [0.4, 0.5) is 0 Å². The number of amides is 1. The molecule has 4 aliphatic rings. The highest BCUT2D eigenvalue weighted by Gasteiger charge is 2.61. The number of hydrogen-bond acceptors (Lipinski definition) is 4. The van der Waals surface area contributed by atoms with Crippen LogP contribution in [0.1, 0.15) is 75.8 Å². The second kappa shape index (κ2) is 7.63. The summed E-state index contributed by atoms with van der Waals surface area (Å²) in [6.45, 7) is 4.33. The van der Waals surface area contributed by atoms with E-state index in [4.69, 9.17) is 11.2 Å². The molecule has 1 amide bonds. The van der Waals surface area contributed by atoms with E-state index in [1.54, 1.807) is 4.90 Å². The molecule has 0 bridgehead atoms. The number of esters is 1. The van der Waals surface area contributed by atoms with Crippen molar-refractivity contribution in [3.05, 3.63) is 29.3 Å². The van der Waals surface area contributed by atoms with Crippen molar-refractivity contribution in [3.8, 4) is 18.1 Å². The lowest BCUT2D eigenvalue weighted by molar-refractivity contribution is -0.145. The standard InChI is InChI=1S/C27H33NO4/c1-4-27(31)14-12-23-22-9-7-18-16-19(8-10-20(18)21(22)11-13-26(23,27)3)32-25(30)24-6-5-15-28(24)17(2)29/h1,8,10,16,21-24,31H,5-7,9,11-15H2,2-3H3/t21-,22-,23+,24+,26+,27+/m1/s1. The fourth-order valence-corrected chi connectivity index (χ4v) is 7.45. The highest BCUT2D eigenvalue weighted by Crippen LogP contribution is 2.64. The van der Waals surface area contributed by atoms with Gasteiger partial charge in [0.2, 0.25) is 5.91 Å². The maximum atomic E-state index is 12.7. The molecular weight excluding hydrogens is 402 g/mol. The van der Waals surface area contributed by atoms with Crippen molar-refractivity contribution in [1.29, 1.82) is 0 Å². The highest BCUT2D eigenvalue weighted by molar-refractivity contribution is 5.85. The van der Waals surface area contributed by atoms with Crippen LogP contribution in [-0.4, -0.2) is 40.1 Å². The first-order valence-corrected chi connectivity index (χ1v) is 12.1. The summed E-state index contributed by atoms with van der Waals surface area (Å²) >= 11 is 0. The van der Waals surface area contributed by atoms with Gasteiger partial charge in [0.15, 0.2) is 0 Å². The van der Waals surface area contributed by atoms with Gasteiger partial charge >= 0.3 is 5.97 Å². The molecule has 1 aliphatic heterocycles. The number of carbonyl (C=O) groups is 2. The molecule has 5 rings (SSSR count). The smallest absolute Gasteiger partial charge is 0.334 e. The number of terminal acetylenes is 1. The Bertz CT molecular complexity index is 996. The lowest BCUT2D eigenvalue weighted by atomic mass is 9.53. The number of likely N-dealkylation sites (tertiary alicyclic amines) is 1. The second-order valence-corrected chi connectivity index (χ2v) is 10.6. The minimum absolute atomic E-state index is 0.0751. The van der Waals surface area contributed by atoms with Crippen LogP contribution < -0.4 is 4.74 Å². The average molecular weight is 436 g/mol. The van der Waals surface area contributed by atoms with E-state index in [-0.39, 0.29) is 17.3 Å². The summed E-state index contributed by atoms with van der Waals surface area (Å²) in [5.41, 5.74) is 1.46. The fourth-order valence-electron chi connectivity index (χ4n) is 7.45. The molecule has 5 heteroatoms. The Kier molecular flexibility index (Phi) is 5.13. The fraction of sp³-hybridized carbons (Fsp3) is 0.630. The van der Waals surface area contributed by atoms with Crippen molar-refractivity contribution in [1.82, 2.24) is 4.90 Å². The summed E-state index contributed by atoms with van der Waals surface area (Å²) in [4.78, 5) is 26.1. The molecule has 1 aromatic rings. The minimum Gasteiger partial charge on any atom is -0.425 e. The molecule has 3 fully saturated rings. The van der Waals surface area contributed by atoms with Gasteiger partial charge in [0.25, 0.3) is 0 Å². The van der Waals surface area contributed by atoms with E-state index in [9.17, 15) is 14.7 Å². The maximum Gasteiger partial charge on any atom is 0.334 e. The number of hydrogen-bond donors (Lipinski definition) is 1. The Morgan fingerprint density at radius 1 is 1.22 bits per heavy atom. The van der Waals surface area contributed by atoms with Crippen molar-refractivity contribution >= 4 is 11.9 Å². The third kappa shape index (κ3) is 3.10. The third-order valence-corrected chi connectivity index (χ3v) is 9.24. The molecule has 0 aromatic heterocycles. The van der Waals surface area contributed by atoms with Gasteiger partial charge in [-0.25, -0.2) is 4.79 Å². The summed E-state index contributed by atoms with van der Waals surface area (Å²) in [5, 5.41) is 11.1. The first-order chi connectivity index (χ1) is 15.3. The molecule has 5 nitrogen and oxygen atoms in total. The van der Waals surface area contributed by atoms with Gasteiger partial charge in [-0.1, -0.05) is 18.9 Å². The lowest BCUT2D eigenvalue weighted by Crippen LogP contribution is -2.50. The molecule has 1 heterocycles. The molecule has 2 saturated carbocycles. The van der Waals surface area contributed by atoms with Gasteiger partial charge in [0.05, 0.1) is 0 Å². The Hall–Kier alpha value is -2.32. The molecular formula is C27H33NO4. The van der Waals surface area contributed by atoms with Crippen LogP contribution in [0.5, 0.6) is 5.75 Å². The normalized spacial score (nSPS) is 37.8. The predicted molar refractivity (Wildman–Crippen MR) is 121 cm³/mol. The molecule has 6 atom stereocenters. The van der Waals surface area contributed by atoms with Crippen LogP contribution in [0.25, 0.3) is 0 Å². The zero-order chi connectivity index (χ0) is 22.7. The molecule has 1 saturated heterocycles. The molecule has 3 aliphatic carbocycles. The summed E-state index contributed by atoms with van der Waals surface area (Å²) in [7, 11) is 0. The number of aliphatic hydroxyl groups is 1. The van der Waals surface area contributed by atoms with E-state index in [0.717, 1.165) is 38.5 Å². The largest absolute Gasteiger partial charge is 0.425 e. The number of fused-ring (bicyclic) bond motifs is 5. The first-order valence-electron chi connectivity index (χ1n) is 12.1. The van der Waals surface area contributed by atoms with E-state index >= 15 is 0 Å². The summed E-state index contributed by atoms with van der Waals surface area (Å²) < 4.78 is 5.72. The van der Waals surface area contributed by atoms with Crippen LogP contribution in [0.2, 0.25) is 0 Å². The van der Waals surface area contributed by atoms with Crippen LogP contribution in [0.15, 0.2) is 18.2 Å². The quantitative estimate of drug-likeness (QED) is 0.436. The van der Waals surface area contributed by atoms with E-state index < -0.39 is 11.6 Å². The van der Waals surface area contributed by atoms with E-state index in [2.05, 4.69) is 18.9 Å². The number of nitrogens with zero attached hydrogens (tertiary/aromatic N) is 1. The molecule has 170 valence electrons. The average Bonchev–Trinajstić information content (AvgIpc) is 3.37. The minimum atomic E-state index is -0.977. The topological polar surface area (TPSA) is 66.8 Å². The van der Waals surface area contributed by atoms with Crippen LogP contribution in [0.3, 0.4) is 0 Å². The van der Waals surface area contributed by atoms with E-state index in [0.29, 0.717) is 42.9 Å². The van der Waals surface area contributed by atoms with Gasteiger partial charge in [0, 0.05) is 18.9 Å². The number of ether oxygens (including phenoxy) is 1. The summed E-state index contributed by atoms with van der Waals surface area (Å²) in [6.07, 6.45) is 13.0. The molecule has 0 spiro atoms. The van der Waals surface area contributed by atoms with Crippen LogP contribution >= 0.6 is 0 Å². The monoisotopic (exact) mass is 435 g/mol. The Morgan fingerprint density at radius 2 is 2.03 bits per heavy atom. The second-order valence-electron chi connectivity index (χ2n) is 10.6. The zero-order valence-electron chi connectivity index (χ0n) is 19.1. The van der Waals surface area contributed by atoms with Crippen molar-refractivity contribution in [2.75, 3.05) is 6.54 Å². The number of rotatable bonds is 2. The lowest BCUT2D eigenvalue weighted by Gasteiger charge is -2.52. The zero-order valence-corrected chi connectivity index (χ0v) is 19.1. The van der Waals surface area contributed by atoms with Crippen molar-refractivity contribution in [2.24, 2.45) is 17.3 Å².